The molecule has 1 aliphatic heterocycles. The minimum absolute atomic E-state index is 0.0802. The van der Waals surface area contributed by atoms with E-state index in [-0.39, 0.29) is 5.69 Å². The van der Waals surface area contributed by atoms with Gasteiger partial charge in [0.1, 0.15) is 12.4 Å². The Kier molecular flexibility index (Phi) is 5.12. The standard InChI is InChI=1S/C17H19N5O2/c23-22(24)16-13-18-17(19-14-16)21-11-9-20(10-12-21)8-4-7-15-5-2-1-3-6-15/h1-7,13-14H,8-12H2/b7-4+. The van der Waals surface area contributed by atoms with Gasteiger partial charge in [0.2, 0.25) is 5.95 Å². The minimum atomic E-state index is -0.485. The van der Waals surface area contributed by atoms with Gasteiger partial charge in [-0.15, -0.1) is 0 Å². The van der Waals surface area contributed by atoms with Gasteiger partial charge in [0.15, 0.2) is 0 Å². The van der Waals surface area contributed by atoms with E-state index >= 15 is 0 Å². The Morgan fingerprint density at radius 3 is 2.38 bits per heavy atom. The van der Waals surface area contributed by atoms with Crippen molar-refractivity contribution < 1.29 is 4.92 Å². The molecule has 1 fully saturated rings. The van der Waals surface area contributed by atoms with E-state index in [1.165, 1.54) is 18.0 Å². The molecular weight excluding hydrogens is 306 g/mol. The summed E-state index contributed by atoms with van der Waals surface area (Å²) in [6.07, 6.45) is 6.83. The van der Waals surface area contributed by atoms with Crippen LogP contribution >= 0.6 is 0 Å². The average molecular weight is 325 g/mol. The number of piperazine rings is 1. The number of nitro groups is 1. The molecule has 0 aliphatic carbocycles. The summed E-state index contributed by atoms with van der Waals surface area (Å²) in [7, 11) is 0. The van der Waals surface area contributed by atoms with Gasteiger partial charge in [-0.25, -0.2) is 9.97 Å². The lowest BCUT2D eigenvalue weighted by molar-refractivity contribution is -0.385. The predicted octanol–water partition coefficient (Wildman–Crippen LogP) is 2.22. The molecule has 1 saturated heterocycles. The molecule has 7 heteroatoms. The Hall–Kier alpha value is -2.80. The third kappa shape index (κ3) is 4.14. The lowest BCUT2D eigenvalue weighted by Crippen LogP contribution is -2.46. The summed E-state index contributed by atoms with van der Waals surface area (Å²) in [4.78, 5) is 22.7. The molecule has 0 N–H and O–H groups in total. The molecule has 0 spiro atoms. The van der Waals surface area contributed by atoms with Crippen molar-refractivity contribution in [2.75, 3.05) is 37.6 Å². The highest BCUT2D eigenvalue weighted by Crippen LogP contribution is 2.14. The fourth-order valence-corrected chi connectivity index (χ4v) is 2.60. The second-order valence-electron chi connectivity index (χ2n) is 5.60. The molecule has 0 amide bonds. The van der Waals surface area contributed by atoms with Crippen LogP contribution in [0.2, 0.25) is 0 Å². The smallest absolute Gasteiger partial charge is 0.305 e. The summed E-state index contributed by atoms with van der Waals surface area (Å²) >= 11 is 0. The molecule has 2 heterocycles. The van der Waals surface area contributed by atoms with E-state index < -0.39 is 4.92 Å². The molecule has 0 atom stereocenters. The lowest BCUT2D eigenvalue weighted by Gasteiger charge is -2.33. The Balaban J connectivity index is 1.48. The molecule has 0 bridgehead atoms. The van der Waals surface area contributed by atoms with E-state index in [2.05, 4.69) is 44.1 Å². The highest BCUT2D eigenvalue weighted by Gasteiger charge is 2.18. The zero-order valence-electron chi connectivity index (χ0n) is 13.3. The van der Waals surface area contributed by atoms with Gasteiger partial charge in [-0.1, -0.05) is 42.5 Å². The quantitative estimate of drug-likeness (QED) is 0.620. The maximum absolute atomic E-state index is 10.6. The molecule has 7 nitrogen and oxygen atoms in total. The van der Waals surface area contributed by atoms with Crippen molar-refractivity contribution >= 4 is 17.7 Å². The number of hydrogen-bond donors (Lipinski definition) is 0. The molecule has 0 saturated carbocycles. The molecule has 1 aliphatic rings. The molecule has 1 aromatic carbocycles. The number of anilines is 1. The van der Waals surface area contributed by atoms with Crippen LogP contribution < -0.4 is 4.90 Å². The molecule has 1 aromatic heterocycles. The number of rotatable bonds is 5. The maximum Gasteiger partial charge on any atom is 0.305 e. The van der Waals surface area contributed by atoms with Crippen LogP contribution in [0.1, 0.15) is 5.56 Å². The van der Waals surface area contributed by atoms with Crippen LogP contribution in [-0.4, -0.2) is 52.5 Å². The highest BCUT2D eigenvalue weighted by molar-refractivity contribution is 5.48. The molecule has 0 radical (unpaired) electrons. The number of nitrogens with zero attached hydrogens (tertiary/aromatic N) is 5. The van der Waals surface area contributed by atoms with E-state index in [0.29, 0.717) is 5.95 Å². The fourth-order valence-electron chi connectivity index (χ4n) is 2.60. The number of hydrogen-bond acceptors (Lipinski definition) is 6. The minimum Gasteiger partial charge on any atom is -0.338 e. The summed E-state index contributed by atoms with van der Waals surface area (Å²) in [5.41, 5.74) is 1.12. The van der Waals surface area contributed by atoms with Crippen LogP contribution in [0.25, 0.3) is 6.08 Å². The van der Waals surface area contributed by atoms with Crippen LogP contribution in [0, 0.1) is 10.1 Å². The van der Waals surface area contributed by atoms with Crippen molar-refractivity contribution in [1.29, 1.82) is 0 Å². The highest BCUT2D eigenvalue weighted by atomic mass is 16.6. The van der Waals surface area contributed by atoms with E-state index in [0.717, 1.165) is 32.7 Å². The molecule has 0 unspecified atom stereocenters. The van der Waals surface area contributed by atoms with Gasteiger partial charge in [0.25, 0.3) is 0 Å². The van der Waals surface area contributed by atoms with Crippen molar-refractivity contribution in [3.63, 3.8) is 0 Å². The fraction of sp³-hybridized carbons (Fsp3) is 0.294. The van der Waals surface area contributed by atoms with Gasteiger partial charge in [-0.05, 0) is 5.56 Å². The van der Waals surface area contributed by atoms with Crippen LogP contribution in [0.5, 0.6) is 0 Å². The zero-order valence-corrected chi connectivity index (χ0v) is 13.3. The second kappa shape index (κ2) is 7.65. The summed E-state index contributed by atoms with van der Waals surface area (Å²) in [5.74, 6) is 0.556. The third-order valence-electron chi connectivity index (χ3n) is 3.96. The zero-order chi connectivity index (χ0) is 16.8. The average Bonchev–Trinajstić information content (AvgIpc) is 2.63. The van der Waals surface area contributed by atoms with Crippen LogP contribution in [-0.2, 0) is 0 Å². The Labute approximate surface area is 140 Å². The number of aromatic nitrogens is 2. The first-order valence-electron chi connectivity index (χ1n) is 7.88. The van der Waals surface area contributed by atoms with Crippen molar-refractivity contribution in [1.82, 2.24) is 14.9 Å². The number of benzene rings is 1. The SMILES string of the molecule is O=[N+]([O-])c1cnc(N2CCN(C/C=C/c3ccccc3)CC2)nc1. The molecule has 124 valence electrons. The van der Waals surface area contributed by atoms with Crippen LogP contribution in [0.3, 0.4) is 0 Å². The Morgan fingerprint density at radius 1 is 1.08 bits per heavy atom. The van der Waals surface area contributed by atoms with Gasteiger partial charge >= 0.3 is 5.69 Å². The third-order valence-corrected chi connectivity index (χ3v) is 3.96. The van der Waals surface area contributed by atoms with E-state index in [1.807, 2.05) is 18.2 Å². The van der Waals surface area contributed by atoms with Gasteiger partial charge in [-0.3, -0.25) is 15.0 Å². The van der Waals surface area contributed by atoms with Crippen molar-refractivity contribution in [3.05, 3.63) is 64.5 Å². The molecule has 24 heavy (non-hydrogen) atoms. The Morgan fingerprint density at radius 2 is 1.75 bits per heavy atom. The van der Waals surface area contributed by atoms with Crippen molar-refractivity contribution in [3.8, 4) is 0 Å². The summed E-state index contributed by atoms with van der Waals surface area (Å²) in [6.45, 7) is 4.37. The normalized spacial score (nSPS) is 15.8. The first-order valence-corrected chi connectivity index (χ1v) is 7.88. The van der Waals surface area contributed by atoms with Gasteiger partial charge in [0.05, 0.1) is 4.92 Å². The largest absolute Gasteiger partial charge is 0.338 e. The lowest BCUT2D eigenvalue weighted by atomic mass is 10.2. The second-order valence-corrected chi connectivity index (χ2v) is 5.60. The summed E-state index contributed by atoms with van der Waals surface area (Å²) in [5, 5.41) is 10.6. The van der Waals surface area contributed by atoms with Crippen molar-refractivity contribution in [2.45, 2.75) is 0 Å². The van der Waals surface area contributed by atoms with E-state index in [1.54, 1.807) is 0 Å². The maximum atomic E-state index is 10.6. The predicted molar refractivity (Wildman–Crippen MR) is 92.8 cm³/mol. The summed E-state index contributed by atoms with van der Waals surface area (Å²) < 4.78 is 0. The Bertz CT molecular complexity index is 695. The van der Waals surface area contributed by atoms with E-state index in [4.69, 9.17) is 0 Å². The summed E-state index contributed by atoms with van der Waals surface area (Å²) in [6, 6.07) is 10.2. The van der Waals surface area contributed by atoms with Crippen LogP contribution in [0.4, 0.5) is 11.6 Å². The molecule has 2 aromatic rings. The first-order chi connectivity index (χ1) is 11.7. The monoisotopic (exact) mass is 325 g/mol. The molecule has 3 rings (SSSR count). The van der Waals surface area contributed by atoms with Gasteiger partial charge in [0, 0.05) is 32.7 Å². The van der Waals surface area contributed by atoms with Gasteiger partial charge in [-0.2, -0.15) is 0 Å². The topological polar surface area (TPSA) is 75.4 Å². The first kappa shape index (κ1) is 16.1. The van der Waals surface area contributed by atoms with Crippen LogP contribution in [0.15, 0.2) is 48.8 Å². The van der Waals surface area contributed by atoms with Gasteiger partial charge < -0.3 is 4.90 Å². The molecular formula is C17H19N5O2. The van der Waals surface area contributed by atoms with Crippen molar-refractivity contribution in [2.24, 2.45) is 0 Å². The van der Waals surface area contributed by atoms with E-state index in [9.17, 15) is 10.1 Å².